The minimum absolute atomic E-state index is 0.199. The van der Waals surface area contributed by atoms with E-state index in [0.29, 0.717) is 28.4 Å². The molecule has 4 aromatic carbocycles. The number of hydrogen-bond donors (Lipinski definition) is 2. The molecular weight excluding hydrogens is 507 g/mol. The zero-order valence-corrected chi connectivity index (χ0v) is 22.7. The van der Waals surface area contributed by atoms with Gasteiger partial charge in [0, 0.05) is 12.5 Å². The molecule has 0 saturated carbocycles. The molecule has 4 aromatic rings. The van der Waals surface area contributed by atoms with Crippen molar-refractivity contribution in [2.45, 2.75) is 34.0 Å². The first-order valence-corrected chi connectivity index (χ1v) is 12.9. The van der Waals surface area contributed by atoms with Gasteiger partial charge in [0.05, 0.1) is 11.4 Å². The van der Waals surface area contributed by atoms with Gasteiger partial charge in [-0.2, -0.15) is 0 Å². The molecule has 0 aliphatic heterocycles. The third-order valence-electron chi connectivity index (χ3n) is 6.22. The van der Waals surface area contributed by atoms with E-state index in [0.717, 1.165) is 22.3 Å². The molecule has 0 aliphatic carbocycles. The Kier molecular flexibility index (Phi) is 9.31. The number of hydrogen-bond acceptors (Lipinski definition) is 4. The molecule has 204 valence electrons. The molecule has 0 unspecified atom stereocenters. The van der Waals surface area contributed by atoms with Gasteiger partial charge in [0.25, 0.3) is 5.91 Å². The van der Waals surface area contributed by atoms with Gasteiger partial charge in [-0.3, -0.25) is 9.59 Å². The predicted molar refractivity (Wildman–Crippen MR) is 156 cm³/mol. The highest BCUT2D eigenvalue weighted by atomic mass is 19.1. The first-order valence-electron chi connectivity index (χ1n) is 12.9. The van der Waals surface area contributed by atoms with Crippen molar-refractivity contribution in [2.24, 2.45) is 0 Å². The van der Waals surface area contributed by atoms with Crippen LogP contribution < -0.4 is 20.1 Å². The molecular formula is C33H31FN2O4. The third kappa shape index (κ3) is 7.57. The van der Waals surface area contributed by atoms with Crippen LogP contribution in [0.1, 0.15) is 47.8 Å². The lowest BCUT2D eigenvalue weighted by Gasteiger charge is -2.16. The highest BCUT2D eigenvalue weighted by molar-refractivity contribution is 6.06. The van der Waals surface area contributed by atoms with Crippen LogP contribution in [0.4, 0.5) is 15.8 Å². The second kappa shape index (κ2) is 13.2. The van der Waals surface area contributed by atoms with Gasteiger partial charge in [-0.25, -0.2) is 4.39 Å². The Balaban J connectivity index is 1.58. The largest absolute Gasteiger partial charge is 0.487 e. The maximum absolute atomic E-state index is 13.4. The molecule has 0 atom stereocenters. The standard InChI is InChI=1S/C33H31FN2O4/c1-4-22(2)26-12-16-30(31(18-26)40-21-25-10-14-28(34)15-11-25)36-33(38)27-13-17-29(35-23(3)37)32(19-27)39-20-24-8-6-5-7-9-24/h4-19H,20-21H2,1-3H3,(H,35,37)(H,36,38). The minimum atomic E-state index is -0.374. The lowest BCUT2D eigenvalue weighted by atomic mass is 10.1. The Morgan fingerprint density at radius 2 is 1.27 bits per heavy atom. The van der Waals surface area contributed by atoms with Gasteiger partial charge in [-0.1, -0.05) is 54.6 Å². The van der Waals surface area contributed by atoms with Crippen LogP contribution >= 0.6 is 0 Å². The Labute approximate surface area is 233 Å². The topological polar surface area (TPSA) is 76.7 Å². The maximum Gasteiger partial charge on any atom is 0.255 e. The second-order valence-electron chi connectivity index (χ2n) is 9.22. The highest BCUT2D eigenvalue weighted by Gasteiger charge is 2.15. The van der Waals surface area contributed by atoms with E-state index in [1.807, 2.05) is 62.4 Å². The lowest BCUT2D eigenvalue weighted by molar-refractivity contribution is -0.114. The summed E-state index contributed by atoms with van der Waals surface area (Å²) in [6.45, 7) is 5.82. The van der Waals surface area contributed by atoms with Crippen molar-refractivity contribution in [1.82, 2.24) is 0 Å². The van der Waals surface area contributed by atoms with Crippen LogP contribution in [0.25, 0.3) is 5.57 Å². The summed E-state index contributed by atoms with van der Waals surface area (Å²) in [5.41, 5.74) is 5.04. The molecule has 0 bridgehead atoms. The predicted octanol–water partition coefficient (Wildman–Crippen LogP) is 7.62. The molecule has 0 spiro atoms. The summed E-state index contributed by atoms with van der Waals surface area (Å²) in [4.78, 5) is 25.1. The van der Waals surface area contributed by atoms with Crippen LogP contribution in [0, 0.1) is 5.82 Å². The summed E-state index contributed by atoms with van der Waals surface area (Å²) < 4.78 is 25.4. The number of benzene rings is 4. The van der Waals surface area contributed by atoms with Gasteiger partial charge in [-0.15, -0.1) is 0 Å². The van der Waals surface area contributed by atoms with E-state index in [9.17, 15) is 14.0 Å². The summed E-state index contributed by atoms with van der Waals surface area (Å²) in [6, 6.07) is 26.1. The van der Waals surface area contributed by atoms with Crippen molar-refractivity contribution in [3.63, 3.8) is 0 Å². The maximum atomic E-state index is 13.4. The quantitative estimate of drug-likeness (QED) is 0.218. The van der Waals surface area contributed by atoms with E-state index in [4.69, 9.17) is 9.47 Å². The van der Waals surface area contributed by atoms with Crippen LogP contribution in [-0.4, -0.2) is 11.8 Å². The molecule has 7 heteroatoms. The van der Waals surface area contributed by atoms with E-state index in [1.54, 1.807) is 36.4 Å². The average molecular weight is 539 g/mol. The Hall–Kier alpha value is -4.91. The third-order valence-corrected chi connectivity index (χ3v) is 6.22. The SMILES string of the molecule is CC=C(C)c1ccc(NC(=O)c2ccc(NC(C)=O)c(OCc3ccccc3)c2)c(OCc2ccc(F)cc2)c1. The van der Waals surface area contributed by atoms with Crippen molar-refractivity contribution in [3.05, 3.63) is 125 Å². The van der Waals surface area contributed by atoms with E-state index in [1.165, 1.54) is 19.1 Å². The van der Waals surface area contributed by atoms with Gasteiger partial charge < -0.3 is 20.1 Å². The van der Waals surface area contributed by atoms with Crippen molar-refractivity contribution in [1.29, 1.82) is 0 Å². The fraction of sp³-hybridized carbons (Fsp3) is 0.152. The van der Waals surface area contributed by atoms with Crippen LogP contribution in [-0.2, 0) is 18.0 Å². The number of allylic oxidation sites excluding steroid dienone is 2. The second-order valence-corrected chi connectivity index (χ2v) is 9.22. The number of nitrogens with one attached hydrogen (secondary N) is 2. The number of halogens is 1. The normalized spacial score (nSPS) is 11.1. The van der Waals surface area contributed by atoms with Crippen molar-refractivity contribution >= 4 is 28.8 Å². The number of rotatable bonds is 10. The fourth-order valence-electron chi connectivity index (χ4n) is 3.90. The van der Waals surface area contributed by atoms with E-state index >= 15 is 0 Å². The number of amides is 2. The van der Waals surface area contributed by atoms with Crippen LogP contribution in [0.5, 0.6) is 11.5 Å². The fourth-order valence-corrected chi connectivity index (χ4v) is 3.90. The summed E-state index contributed by atoms with van der Waals surface area (Å²) in [5, 5.41) is 5.68. The van der Waals surface area contributed by atoms with Crippen molar-refractivity contribution in [3.8, 4) is 11.5 Å². The molecule has 40 heavy (non-hydrogen) atoms. The summed E-state index contributed by atoms with van der Waals surface area (Å²) >= 11 is 0. The summed E-state index contributed by atoms with van der Waals surface area (Å²) in [5.74, 6) is -0.0910. The molecule has 0 fully saturated rings. The van der Waals surface area contributed by atoms with Gasteiger partial charge in [0.15, 0.2) is 0 Å². The molecule has 0 radical (unpaired) electrons. The number of ether oxygens (including phenoxy) is 2. The van der Waals surface area contributed by atoms with Gasteiger partial charge in [0.2, 0.25) is 5.91 Å². The zero-order chi connectivity index (χ0) is 28.5. The Bertz CT molecular complexity index is 1520. The average Bonchev–Trinajstić information content (AvgIpc) is 2.96. The number of carbonyl (C=O) groups excluding carboxylic acids is 2. The van der Waals surface area contributed by atoms with Crippen LogP contribution in [0.15, 0.2) is 97.1 Å². The summed E-state index contributed by atoms with van der Waals surface area (Å²) in [6.07, 6.45) is 1.99. The molecule has 0 saturated heterocycles. The number of carbonyl (C=O) groups is 2. The summed E-state index contributed by atoms with van der Waals surface area (Å²) in [7, 11) is 0. The van der Waals surface area contributed by atoms with Crippen molar-refractivity contribution in [2.75, 3.05) is 10.6 Å². The first-order chi connectivity index (χ1) is 19.3. The minimum Gasteiger partial charge on any atom is -0.487 e. The number of anilines is 2. The Morgan fingerprint density at radius 3 is 1.88 bits per heavy atom. The highest BCUT2D eigenvalue weighted by Crippen LogP contribution is 2.32. The van der Waals surface area contributed by atoms with Gasteiger partial charge in [-0.05, 0) is 78.6 Å². The molecule has 0 aliphatic rings. The zero-order valence-electron chi connectivity index (χ0n) is 22.7. The molecule has 2 amide bonds. The van der Waals surface area contributed by atoms with E-state index < -0.39 is 0 Å². The van der Waals surface area contributed by atoms with Crippen molar-refractivity contribution < 1.29 is 23.5 Å². The molecule has 0 aromatic heterocycles. The lowest BCUT2D eigenvalue weighted by Crippen LogP contribution is -2.14. The van der Waals surface area contributed by atoms with Crippen LogP contribution in [0.3, 0.4) is 0 Å². The molecule has 4 rings (SSSR count). The Morgan fingerprint density at radius 1 is 0.725 bits per heavy atom. The first kappa shape index (κ1) is 28.1. The molecule has 2 N–H and O–H groups in total. The molecule has 0 heterocycles. The van der Waals surface area contributed by atoms with Gasteiger partial charge in [0.1, 0.15) is 30.5 Å². The van der Waals surface area contributed by atoms with Crippen LogP contribution in [0.2, 0.25) is 0 Å². The monoisotopic (exact) mass is 538 g/mol. The van der Waals surface area contributed by atoms with E-state index in [2.05, 4.69) is 10.6 Å². The molecule has 6 nitrogen and oxygen atoms in total. The van der Waals surface area contributed by atoms with Gasteiger partial charge >= 0.3 is 0 Å². The van der Waals surface area contributed by atoms with E-state index in [-0.39, 0.29) is 30.8 Å². The smallest absolute Gasteiger partial charge is 0.255 e.